The molecule has 4 nitrogen and oxygen atoms in total. The Morgan fingerprint density at radius 1 is 1.50 bits per heavy atom. The van der Waals surface area contributed by atoms with Gasteiger partial charge in [-0.15, -0.1) is 0 Å². The average Bonchev–Trinajstić information content (AvgIpc) is 2.77. The Morgan fingerprint density at radius 2 is 2.31 bits per heavy atom. The average molecular weight is 229 g/mol. The predicted octanol–water partition coefficient (Wildman–Crippen LogP) is 1.44. The lowest BCUT2D eigenvalue weighted by atomic mass is 10.2. The molecule has 1 atom stereocenters. The van der Waals surface area contributed by atoms with E-state index in [1.165, 1.54) is 6.42 Å². The highest BCUT2D eigenvalue weighted by Gasteiger charge is 2.18. The smallest absolute Gasteiger partial charge is 0.307 e. The van der Waals surface area contributed by atoms with Crippen molar-refractivity contribution in [1.82, 2.24) is 4.90 Å². The highest BCUT2D eigenvalue weighted by Crippen LogP contribution is 2.13. The zero-order valence-electron chi connectivity index (χ0n) is 10.4. The van der Waals surface area contributed by atoms with Crippen LogP contribution in [0.25, 0.3) is 0 Å². The van der Waals surface area contributed by atoms with Gasteiger partial charge < -0.3 is 14.4 Å². The van der Waals surface area contributed by atoms with Crippen molar-refractivity contribution in [2.24, 2.45) is 0 Å². The van der Waals surface area contributed by atoms with E-state index in [9.17, 15) is 4.79 Å². The van der Waals surface area contributed by atoms with Gasteiger partial charge in [-0.3, -0.25) is 4.79 Å². The fourth-order valence-corrected chi connectivity index (χ4v) is 1.94. The first-order valence-corrected chi connectivity index (χ1v) is 6.25. The van der Waals surface area contributed by atoms with Crippen LogP contribution in [0.5, 0.6) is 0 Å². The van der Waals surface area contributed by atoms with Crippen molar-refractivity contribution in [3.05, 3.63) is 0 Å². The third-order valence-electron chi connectivity index (χ3n) is 2.87. The maximum absolute atomic E-state index is 11.2. The molecule has 1 aliphatic rings. The fraction of sp³-hybridized carbons (Fsp3) is 0.917. The molecule has 0 radical (unpaired) electrons. The first kappa shape index (κ1) is 13.5. The molecular weight excluding hydrogens is 206 g/mol. The second-order valence-electron chi connectivity index (χ2n) is 4.08. The van der Waals surface area contributed by atoms with Crippen LogP contribution in [-0.4, -0.2) is 49.8 Å². The van der Waals surface area contributed by atoms with Gasteiger partial charge in [-0.05, 0) is 26.3 Å². The first-order valence-electron chi connectivity index (χ1n) is 6.25. The fourth-order valence-electron chi connectivity index (χ4n) is 1.94. The number of esters is 1. The lowest BCUT2D eigenvalue weighted by Gasteiger charge is -2.23. The van der Waals surface area contributed by atoms with Crippen LogP contribution in [0.1, 0.15) is 33.1 Å². The quantitative estimate of drug-likeness (QED) is 0.619. The lowest BCUT2D eigenvalue weighted by Crippen LogP contribution is -2.34. The number of hydrogen-bond acceptors (Lipinski definition) is 4. The molecule has 0 N–H and O–H groups in total. The van der Waals surface area contributed by atoms with Crippen LogP contribution in [0.3, 0.4) is 0 Å². The van der Waals surface area contributed by atoms with Crippen molar-refractivity contribution in [2.45, 2.75) is 39.2 Å². The minimum Gasteiger partial charge on any atom is -0.466 e. The Morgan fingerprint density at radius 3 is 2.88 bits per heavy atom. The van der Waals surface area contributed by atoms with Crippen molar-refractivity contribution in [3.8, 4) is 0 Å². The second-order valence-corrected chi connectivity index (χ2v) is 4.08. The zero-order chi connectivity index (χ0) is 11.8. The Hall–Kier alpha value is -0.610. The Bertz CT molecular complexity index is 202. The standard InChI is InChI=1S/C12H23NO3/c1-3-13(8-7-12(14)15-4-2)10-11-6-5-9-16-11/h11H,3-10H2,1-2H3. The molecule has 1 aliphatic heterocycles. The summed E-state index contributed by atoms with van der Waals surface area (Å²) in [7, 11) is 0. The highest BCUT2D eigenvalue weighted by molar-refractivity contribution is 5.69. The summed E-state index contributed by atoms with van der Waals surface area (Å²) in [6.07, 6.45) is 3.16. The van der Waals surface area contributed by atoms with Gasteiger partial charge in [0, 0.05) is 19.7 Å². The van der Waals surface area contributed by atoms with Gasteiger partial charge in [0.25, 0.3) is 0 Å². The highest BCUT2D eigenvalue weighted by atomic mass is 16.5. The summed E-state index contributed by atoms with van der Waals surface area (Å²) in [5.41, 5.74) is 0. The van der Waals surface area contributed by atoms with Crippen LogP contribution >= 0.6 is 0 Å². The van der Waals surface area contributed by atoms with Crippen molar-refractivity contribution in [1.29, 1.82) is 0 Å². The molecule has 1 rings (SSSR count). The minimum atomic E-state index is -0.103. The van der Waals surface area contributed by atoms with Gasteiger partial charge in [0.1, 0.15) is 0 Å². The molecule has 1 heterocycles. The maximum Gasteiger partial charge on any atom is 0.307 e. The van der Waals surface area contributed by atoms with Crippen LogP contribution in [0.2, 0.25) is 0 Å². The van der Waals surface area contributed by atoms with Gasteiger partial charge in [-0.1, -0.05) is 6.92 Å². The topological polar surface area (TPSA) is 38.8 Å². The molecule has 0 aromatic carbocycles. The van der Waals surface area contributed by atoms with E-state index in [1.54, 1.807) is 0 Å². The van der Waals surface area contributed by atoms with E-state index in [4.69, 9.17) is 9.47 Å². The molecule has 0 spiro atoms. The van der Waals surface area contributed by atoms with Crippen molar-refractivity contribution in [3.63, 3.8) is 0 Å². The molecule has 0 aliphatic carbocycles. The van der Waals surface area contributed by atoms with Gasteiger partial charge in [-0.2, -0.15) is 0 Å². The van der Waals surface area contributed by atoms with Crippen molar-refractivity contribution < 1.29 is 14.3 Å². The lowest BCUT2D eigenvalue weighted by molar-refractivity contribution is -0.143. The molecule has 0 saturated carbocycles. The number of rotatable bonds is 7. The van der Waals surface area contributed by atoms with Crippen LogP contribution < -0.4 is 0 Å². The molecule has 94 valence electrons. The number of likely N-dealkylation sites (N-methyl/N-ethyl adjacent to an activating group) is 1. The second kappa shape index (κ2) is 7.63. The van der Waals surface area contributed by atoms with E-state index >= 15 is 0 Å². The Labute approximate surface area is 97.9 Å². The van der Waals surface area contributed by atoms with Crippen LogP contribution in [0, 0.1) is 0 Å². The largest absolute Gasteiger partial charge is 0.466 e. The molecule has 1 unspecified atom stereocenters. The number of carbonyl (C=O) groups excluding carboxylic acids is 1. The molecule has 16 heavy (non-hydrogen) atoms. The summed E-state index contributed by atoms with van der Waals surface area (Å²) in [4.78, 5) is 13.5. The van der Waals surface area contributed by atoms with Crippen molar-refractivity contribution >= 4 is 5.97 Å². The molecule has 1 fully saturated rings. The molecular formula is C12H23NO3. The number of nitrogens with zero attached hydrogens (tertiary/aromatic N) is 1. The molecule has 0 amide bonds. The summed E-state index contributed by atoms with van der Waals surface area (Å²) in [5, 5.41) is 0. The van der Waals surface area contributed by atoms with Crippen LogP contribution in [-0.2, 0) is 14.3 Å². The van der Waals surface area contributed by atoms with E-state index in [0.717, 1.165) is 32.7 Å². The van der Waals surface area contributed by atoms with E-state index < -0.39 is 0 Å². The molecule has 0 bridgehead atoms. The predicted molar refractivity (Wildman–Crippen MR) is 62.3 cm³/mol. The molecule has 0 aromatic rings. The van der Waals surface area contributed by atoms with Gasteiger partial charge in [-0.25, -0.2) is 0 Å². The number of carbonyl (C=O) groups is 1. The molecule has 1 saturated heterocycles. The zero-order valence-corrected chi connectivity index (χ0v) is 10.4. The number of hydrogen-bond donors (Lipinski definition) is 0. The Balaban J connectivity index is 2.17. The summed E-state index contributed by atoms with van der Waals surface area (Å²) < 4.78 is 10.5. The van der Waals surface area contributed by atoms with Crippen LogP contribution in [0.15, 0.2) is 0 Å². The molecule has 0 aromatic heterocycles. The summed E-state index contributed by atoms with van der Waals surface area (Å²) in [6, 6.07) is 0. The SMILES string of the molecule is CCOC(=O)CCN(CC)CC1CCCO1. The summed E-state index contributed by atoms with van der Waals surface area (Å²) >= 11 is 0. The Kier molecular flexibility index (Phi) is 6.42. The van der Waals surface area contributed by atoms with Gasteiger partial charge >= 0.3 is 5.97 Å². The third-order valence-corrected chi connectivity index (χ3v) is 2.87. The van der Waals surface area contributed by atoms with Gasteiger partial charge in [0.05, 0.1) is 19.1 Å². The van der Waals surface area contributed by atoms with E-state index in [2.05, 4.69) is 11.8 Å². The normalized spacial score (nSPS) is 20.3. The van der Waals surface area contributed by atoms with Crippen molar-refractivity contribution in [2.75, 3.05) is 32.8 Å². The number of ether oxygens (including phenoxy) is 2. The molecule has 4 heteroatoms. The first-order chi connectivity index (χ1) is 7.76. The monoisotopic (exact) mass is 229 g/mol. The van der Waals surface area contributed by atoms with Gasteiger partial charge in [0.2, 0.25) is 0 Å². The minimum absolute atomic E-state index is 0.103. The van der Waals surface area contributed by atoms with Crippen LogP contribution in [0.4, 0.5) is 0 Å². The maximum atomic E-state index is 11.2. The summed E-state index contributed by atoms with van der Waals surface area (Å²) in [5.74, 6) is -0.103. The van der Waals surface area contributed by atoms with E-state index in [0.29, 0.717) is 19.1 Å². The third kappa shape index (κ3) is 4.94. The van der Waals surface area contributed by atoms with E-state index in [1.807, 2.05) is 6.92 Å². The summed E-state index contributed by atoms with van der Waals surface area (Å²) in [6.45, 7) is 7.98. The van der Waals surface area contributed by atoms with E-state index in [-0.39, 0.29) is 5.97 Å². The van der Waals surface area contributed by atoms with Gasteiger partial charge in [0.15, 0.2) is 0 Å².